The Kier molecular flexibility index (Phi) is 11.1. The van der Waals surface area contributed by atoms with Crippen molar-refractivity contribution < 1.29 is 15.3 Å². The van der Waals surface area contributed by atoms with E-state index < -0.39 is 0 Å². The van der Waals surface area contributed by atoms with Crippen LogP contribution in [0.4, 0.5) is 0 Å². The van der Waals surface area contributed by atoms with Crippen molar-refractivity contribution in [3.05, 3.63) is 0 Å². The average Bonchev–Trinajstić information content (AvgIpc) is 2.50. The first kappa shape index (κ1) is 19.9. The minimum atomic E-state index is -0.380. The van der Waals surface area contributed by atoms with Crippen LogP contribution in [0.2, 0.25) is 0 Å². The number of piperidine rings is 1. The molecule has 0 unspecified atom stereocenters. The molecule has 0 radical (unpaired) electrons. The molecule has 4 atom stereocenters. The highest BCUT2D eigenvalue weighted by atomic mass is 16.3. The molecule has 0 amide bonds. The minimum Gasteiger partial charge on any atom is -0.395 e. The lowest BCUT2D eigenvalue weighted by Crippen LogP contribution is -2.52. The number of rotatable bonds is 12. The zero-order valence-corrected chi connectivity index (χ0v) is 14.3. The number of hydrogen-bond acceptors (Lipinski definition) is 4. The molecule has 1 saturated heterocycles. The molecule has 1 fully saturated rings. The summed E-state index contributed by atoms with van der Waals surface area (Å²) in [6.07, 6.45) is 13.6. The topological polar surface area (TPSA) is 72.7 Å². The summed E-state index contributed by atoms with van der Waals surface area (Å²) >= 11 is 0. The fraction of sp³-hybridized carbons (Fsp3) is 1.00. The van der Waals surface area contributed by atoms with Gasteiger partial charge in [-0.3, -0.25) is 0 Å². The zero-order chi connectivity index (χ0) is 16.2. The maximum Gasteiger partial charge on any atom is 0.0716 e. The molecule has 0 bridgehead atoms. The Morgan fingerprint density at radius 3 is 2.14 bits per heavy atom. The predicted octanol–water partition coefficient (Wildman–Crippen LogP) is 2.74. The van der Waals surface area contributed by atoms with Gasteiger partial charge in [-0.2, -0.15) is 0 Å². The standard InChI is InChI=1S/C18H37NO3/c1-15(21)10-8-6-4-2-3-5-7-9-11-16-12-13-18(22)17(14-20)19-16/h15-22H,2-14H2,1H3/t15-,16+,17+,18-/m0/s1. The molecule has 0 aromatic heterocycles. The van der Waals surface area contributed by atoms with Gasteiger partial charge in [0, 0.05) is 6.04 Å². The van der Waals surface area contributed by atoms with Gasteiger partial charge >= 0.3 is 0 Å². The van der Waals surface area contributed by atoms with E-state index in [1.807, 2.05) is 6.92 Å². The molecule has 1 aliphatic heterocycles. The quantitative estimate of drug-likeness (QED) is 0.418. The van der Waals surface area contributed by atoms with Crippen molar-refractivity contribution in [2.24, 2.45) is 0 Å². The van der Waals surface area contributed by atoms with Gasteiger partial charge in [0.15, 0.2) is 0 Å². The second kappa shape index (κ2) is 12.3. The molecule has 0 aromatic rings. The van der Waals surface area contributed by atoms with Crippen molar-refractivity contribution in [2.75, 3.05) is 6.61 Å². The van der Waals surface area contributed by atoms with Crippen molar-refractivity contribution >= 4 is 0 Å². The Labute approximate surface area is 136 Å². The summed E-state index contributed by atoms with van der Waals surface area (Å²) in [5.74, 6) is 0. The Bertz CT molecular complexity index is 261. The molecule has 22 heavy (non-hydrogen) atoms. The van der Waals surface area contributed by atoms with Gasteiger partial charge in [0.2, 0.25) is 0 Å². The molecule has 4 heteroatoms. The first-order chi connectivity index (χ1) is 10.6. The second-order valence-electron chi connectivity index (χ2n) is 7.05. The van der Waals surface area contributed by atoms with E-state index in [1.165, 1.54) is 44.9 Å². The number of hydrogen-bond donors (Lipinski definition) is 4. The van der Waals surface area contributed by atoms with E-state index in [4.69, 9.17) is 0 Å². The summed E-state index contributed by atoms with van der Waals surface area (Å²) in [5.41, 5.74) is 0. The number of unbranched alkanes of at least 4 members (excludes halogenated alkanes) is 7. The minimum absolute atomic E-state index is 0.0345. The number of aliphatic hydroxyl groups is 3. The second-order valence-corrected chi connectivity index (χ2v) is 7.05. The lowest BCUT2D eigenvalue weighted by molar-refractivity contribution is 0.0482. The average molecular weight is 315 g/mol. The molecule has 4 N–H and O–H groups in total. The highest BCUT2D eigenvalue weighted by Gasteiger charge is 2.27. The smallest absolute Gasteiger partial charge is 0.0716 e. The van der Waals surface area contributed by atoms with Gasteiger partial charge in [0.1, 0.15) is 0 Å². The molecular formula is C18H37NO3. The van der Waals surface area contributed by atoms with Crippen LogP contribution in [0.1, 0.15) is 84.0 Å². The summed E-state index contributed by atoms with van der Waals surface area (Å²) < 4.78 is 0. The van der Waals surface area contributed by atoms with Gasteiger partial charge in [-0.05, 0) is 32.6 Å². The van der Waals surface area contributed by atoms with Crippen LogP contribution in [0.15, 0.2) is 0 Å². The van der Waals surface area contributed by atoms with E-state index in [1.54, 1.807) is 0 Å². The maximum atomic E-state index is 9.71. The molecule has 1 aliphatic rings. The lowest BCUT2D eigenvalue weighted by Gasteiger charge is -2.34. The molecule has 132 valence electrons. The molecule has 1 heterocycles. The normalized spacial score (nSPS) is 27.0. The van der Waals surface area contributed by atoms with Gasteiger partial charge in [-0.15, -0.1) is 0 Å². The molecular weight excluding hydrogens is 278 g/mol. The maximum absolute atomic E-state index is 9.71. The zero-order valence-electron chi connectivity index (χ0n) is 14.3. The van der Waals surface area contributed by atoms with Crippen LogP contribution in [-0.4, -0.2) is 46.2 Å². The van der Waals surface area contributed by atoms with Gasteiger partial charge in [-0.25, -0.2) is 0 Å². The van der Waals surface area contributed by atoms with Gasteiger partial charge in [-0.1, -0.05) is 51.4 Å². The lowest BCUT2D eigenvalue weighted by atomic mass is 9.93. The van der Waals surface area contributed by atoms with E-state index in [0.717, 1.165) is 32.1 Å². The molecule has 0 aliphatic carbocycles. The van der Waals surface area contributed by atoms with Crippen molar-refractivity contribution in [3.8, 4) is 0 Å². The Morgan fingerprint density at radius 2 is 1.55 bits per heavy atom. The van der Waals surface area contributed by atoms with Gasteiger partial charge in [0.05, 0.1) is 24.9 Å². The molecule has 0 saturated carbocycles. The first-order valence-electron chi connectivity index (χ1n) is 9.36. The fourth-order valence-electron chi connectivity index (χ4n) is 3.36. The van der Waals surface area contributed by atoms with E-state index in [0.29, 0.717) is 6.04 Å². The Balaban J connectivity index is 1.87. The van der Waals surface area contributed by atoms with E-state index >= 15 is 0 Å². The SMILES string of the molecule is C[C@H](O)CCCCCCCCCC[C@@H]1CC[C@H](O)[C@@H](CO)N1. The van der Waals surface area contributed by atoms with Crippen LogP contribution in [-0.2, 0) is 0 Å². The third-order valence-corrected chi connectivity index (χ3v) is 4.85. The first-order valence-corrected chi connectivity index (χ1v) is 9.36. The Hall–Kier alpha value is -0.160. The Morgan fingerprint density at radius 1 is 0.955 bits per heavy atom. The monoisotopic (exact) mass is 315 g/mol. The van der Waals surface area contributed by atoms with Crippen molar-refractivity contribution in [2.45, 2.75) is 108 Å². The molecule has 4 nitrogen and oxygen atoms in total. The van der Waals surface area contributed by atoms with E-state index in [-0.39, 0.29) is 24.9 Å². The highest BCUT2D eigenvalue weighted by molar-refractivity contribution is 4.86. The number of aliphatic hydroxyl groups excluding tert-OH is 3. The van der Waals surface area contributed by atoms with E-state index in [9.17, 15) is 15.3 Å². The van der Waals surface area contributed by atoms with E-state index in [2.05, 4.69) is 5.32 Å². The summed E-state index contributed by atoms with van der Waals surface area (Å²) in [5, 5.41) is 31.5. The fourth-order valence-corrected chi connectivity index (χ4v) is 3.36. The number of nitrogens with one attached hydrogen (secondary N) is 1. The molecule has 1 rings (SSSR count). The van der Waals surface area contributed by atoms with Crippen LogP contribution in [0, 0.1) is 0 Å². The van der Waals surface area contributed by atoms with Gasteiger partial charge < -0.3 is 20.6 Å². The molecule has 0 aromatic carbocycles. The van der Waals surface area contributed by atoms with Gasteiger partial charge in [0.25, 0.3) is 0 Å². The predicted molar refractivity (Wildman–Crippen MR) is 90.9 cm³/mol. The third kappa shape index (κ3) is 9.09. The largest absolute Gasteiger partial charge is 0.395 e. The molecule has 0 spiro atoms. The van der Waals surface area contributed by atoms with Crippen molar-refractivity contribution in [3.63, 3.8) is 0 Å². The van der Waals surface area contributed by atoms with Crippen molar-refractivity contribution in [1.29, 1.82) is 0 Å². The van der Waals surface area contributed by atoms with Crippen molar-refractivity contribution in [1.82, 2.24) is 5.32 Å². The summed E-state index contributed by atoms with van der Waals surface area (Å²) in [4.78, 5) is 0. The van der Waals surface area contributed by atoms with Crippen LogP contribution in [0.3, 0.4) is 0 Å². The highest BCUT2D eigenvalue weighted by Crippen LogP contribution is 2.18. The van der Waals surface area contributed by atoms with Crippen LogP contribution in [0.25, 0.3) is 0 Å². The van der Waals surface area contributed by atoms with Crippen LogP contribution >= 0.6 is 0 Å². The summed E-state index contributed by atoms with van der Waals surface area (Å²) in [7, 11) is 0. The summed E-state index contributed by atoms with van der Waals surface area (Å²) in [6, 6.07) is 0.349. The van der Waals surface area contributed by atoms with Crippen LogP contribution in [0.5, 0.6) is 0 Å². The third-order valence-electron chi connectivity index (χ3n) is 4.85. The summed E-state index contributed by atoms with van der Waals surface area (Å²) in [6.45, 7) is 1.90. The van der Waals surface area contributed by atoms with Crippen LogP contribution < -0.4 is 5.32 Å².